The van der Waals surface area contributed by atoms with Gasteiger partial charge in [-0.25, -0.2) is 0 Å². The molecule has 0 radical (unpaired) electrons. The van der Waals surface area contributed by atoms with Gasteiger partial charge in [-0.15, -0.1) is 0 Å². The van der Waals surface area contributed by atoms with Crippen LogP contribution in [0.2, 0.25) is 0 Å². The molecule has 0 aromatic heterocycles. The van der Waals surface area contributed by atoms with Crippen molar-refractivity contribution in [1.82, 2.24) is 5.32 Å². The first kappa shape index (κ1) is 21.3. The lowest BCUT2D eigenvalue weighted by atomic mass is 10.2. The van der Waals surface area contributed by atoms with Crippen molar-refractivity contribution in [2.75, 3.05) is 11.9 Å². The highest BCUT2D eigenvalue weighted by atomic mass is 32.1. The van der Waals surface area contributed by atoms with Gasteiger partial charge in [0.15, 0.2) is 5.11 Å². The minimum Gasteiger partial charge on any atom is -0.494 e. The Bertz CT molecular complexity index is 853. The summed E-state index contributed by atoms with van der Waals surface area (Å²) < 4.78 is 5.62. The zero-order chi connectivity index (χ0) is 20.5. The number of hydrogen-bond acceptors (Lipinski definition) is 5. The van der Waals surface area contributed by atoms with Gasteiger partial charge in [0.25, 0.3) is 11.6 Å². The average Bonchev–Trinajstić information content (AvgIpc) is 2.67. The van der Waals surface area contributed by atoms with Crippen LogP contribution in [0, 0.1) is 17.0 Å². The van der Waals surface area contributed by atoms with Gasteiger partial charge in [-0.3, -0.25) is 20.2 Å². The van der Waals surface area contributed by atoms with E-state index < -0.39 is 4.92 Å². The number of anilines is 1. The van der Waals surface area contributed by atoms with Crippen molar-refractivity contribution in [3.05, 3.63) is 63.7 Å². The van der Waals surface area contributed by atoms with E-state index in [9.17, 15) is 14.9 Å². The first-order chi connectivity index (χ1) is 13.4. The van der Waals surface area contributed by atoms with Crippen LogP contribution in [0.3, 0.4) is 0 Å². The number of carbonyl (C=O) groups excluding carboxylic acids is 1. The molecule has 0 aliphatic rings. The van der Waals surface area contributed by atoms with Crippen LogP contribution in [0.1, 0.15) is 42.1 Å². The van der Waals surface area contributed by atoms with Crippen LogP contribution < -0.4 is 15.4 Å². The number of unbranched alkanes of at least 4 members (excludes halogenated alkanes) is 2. The summed E-state index contributed by atoms with van der Waals surface area (Å²) in [7, 11) is 0. The van der Waals surface area contributed by atoms with Crippen LogP contribution in [-0.4, -0.2) is 22.5 Å². The van der Waals surface area contributed by atoms with E-state index in [1.165, 1.54) is 6.07 Å². The second-order valence-corrected chi connectivity index (χ2v) is 6.65. The molecule has 7 nitrogen and oxygen atoms in total. The van der Waals surface area contributed by atoms with Gasteiger partial charge in [-0.2, -0.15) is 0 Å². The molecule has 0 heterocycles. The van der Waals surface area contributed by atoms with Crippen LogP contribution in [0.5, 0.6) is 5.75 Å². The Hall–Kier alpha value is -3.00. The third kappa shape index (κ3) is 6.31. The Kier molecular flexibility index (Phi) is 7.88. The van der Waals surface area contributed by atoms with Crippen LogP contribution in [0.25, 0.3) is 0 Å². The van der Waals surface area contributed by atoms with E-state index >= 15 is 0 Å². The van der Waals surface area contributed by atoms with Crippen molar-refractivity contribution in [2.24, 2.45) is 0 Å². The summed E-state index contributed by atoms with van der Waals surface area (Å²) in [5.41, 5.74) is 1.38. The second-order valence-electron chi connectivity index (χ2n) is 6.25. The number of hydrogen-bond donors (Lipinski definition) is 2. The van der Waals surface area contributed by atoms with Gasteiger partial charge in [-0.05, 0) is 55.9 Å². The summed E-state index contributed by atoms with van der Waals surface area (Å²) in [5.74, 6) is 0.331. The topological polar surface area (TPSA) is 93.5 Å². The number of aryl methyl sites for hydroxylation is 1. The van der Waals surface area contributed by atoms with Crippen LogP contribution in [0.15, 0.2) is 42.5 Å². The first-order valence-electron chi connectivity index (χ1n) is 9.01. The fourth-order valence-corrected chi connectivity index (χ4v) is 2.68. The Morgan fingerprint density at radius 3 is 2.54 bits per heavy atom. The molecule has 0 bridgehead atoms. The molecule has 0 spiro atoms. The standard InChI is InChI=1S/C20H23N3O4S/c1-3-4-5-12-27-17-10-7-15(8-11-17)19(24)22-20(28)21-16-9-6-14(2)18(13-16)23(25)26/h6-11,13H,3-5,12H2,1-2H3,(H2,21,22,24,28). The van der Waals surface area contributed by atoms with Gasteiger partial charge < -0.3 is 10.1 Å². The molecule has 0 aliphatic heterocycles. The third-order valence-corrected chi connectivity index (χ3v) is 4.23. The normalized spacial score (nSPS) is 10.2. The minimum absolute atomic E-state index is 0.0198. The number of thiocarbonyl (C=S) groups is 1. The molecule has 8 heteroatoms. The molecule has 148 valence electrons. The largest absolute Gasteiger partial charge is 0.494 e. The highest BCUT2D eigenvalue weighted by Crippen LogP contribution is 2.22. The summed E-state index contributed by atoms with van der Waals surface area (Å²) in [5, 5.41) is 16.4. The molecule has 1 amide bonds. The minimum atomic E-state index is -0.464. The molecule has 0 saturated heterocycles. The van der Waals surface area contributed by atoms with Gasteiger partial charge in [-0.1, -0.05) is 25.8 Å². The number of nitro benzene ring substituents is 1. The van der Waals surface area contributed by atoms with Gasteiger partial charge in [0.2, 0.25) is 0 Å². The van der Waals surface area contributed by atoms with E-state index in [2.05, 4.69) is 17.6 Å². The quantitative estimate of drug-likeness (QED) is 0.291. The number of nitro groups is 1. The predicted octanol–water partition coefficient (Wildman–Crippen LogP) is 4.60. The number of nitrogens with zero attached hydrogens (tertiary/aromatic N) is 1. The monoisotopic (exact) mass is 401 g/mol. The Balaban J connectivity index is 1.91. The van der Waals surface area contributed by atoms with Gasteiger partial charge in [0.05, 0.1) is 11.5 Å². The molecule has 2 rings (SSSR count). The molecule has 0 aliphatic carbocycles. The van der Waals surface area contributed by atoms with Crippen molar-refractivity contribution < 1.29 is 14.5 Å². The molecule has 0 atom stereocenters. The average molecular weight is 401 g/mol. The SMILES string of the molecule is CCCCCOc1ccc(C(=O)NC(=S)Nc2ccc(C)c([N+](=O)[O-])c2)cc1. The van der Waals surface area contributed by atoms with Gasteiger partial charge in [0, 0.05) is 22.9 Å². The Labute approximate surface area is 169 Å². The molecular formula is C20H23N3O4S. The molecule has 28 heavy (non-hydrogen) atoms. The summed E-state index contributed by atoms with van der Waals surface area (Å²) in [6.07, 6.45) is 3.25. The van der Waals surface area contributed by atoms with E-state index in [1.807, 2.05) is 0 Å². The number of benzene rings is 2. The number of rotatable bonds is 8. The van der Waals surface area contributed by atoms with Crippen molar-refractivity contribution in [1.29, 1.82) is 0 Å². The lowest BCUT2D eigenvalue weighted by molar-refractivity contribution is -0.385. The van der Waals surface area contributed by atoms with Crippen LogP contribution >= 0.6 is 12.2 Å². The summed E-state index contributed by atoms with van der Waals surface area (Å²) in [6.45, 7) is 4.43. The maximum Gasteiger partial charge on any atom is 0.274 e. The van der Waals surface area contributed by atoms with E-state index in [1.54, 1.807) is 43.3 Å². The molecule has 2 N–H and O–H groups in total. The van der Waals surface area contributed by atoms with Crippen LogP contribution in [-0.2, 0) is 0 Å². The molecule has 2 aromatic carbocycles. The zero-order valence-electron chi connectivity index (χ0n) is 15.9. The fraction of sp³-hybridized carbons (Fsp3) is 0.300. The highest BCUT2D eigenvalue weighted by Gasteiger charge is 2.13. The third-order valence-electron chi connectivity index (χ3n) is 4.02. The van der Waals surface area contributed by atoms with Gasteiger partial charge >= 0.3 is 0 Å². The summed E-state index contributed by atoms with van der Waals surface area (Å²) >= 11 is 5.12. The maximum absolute atomic E-state index is 12.3. The van der Waals surface area contributed by atoms with E-state index in [0.29, 0.717) is 29.2 Å². The Morgan fingerprint density at radius 2 is 1.89 bits per heavy atom. The number of carbonyl (C=O) groups is 1. The van der Waals surface area contributed by atoms with Gasteiger partial charge in [0.1, 0.15) is 5.75 Å². The van der Waals surface area contributed by atoms with Crippen LogP contribution in [0.4, 0.5) is 11.4 Å². The number of amides is 1. The lowest BCUT2D eigenvalue weighted by Gasteiger charge is -2.11. The van der Waals surface area contributed by atoms with Crippen molar-refractivity contribution in [3.8, 4) is 5.75 Å². The highest BCUT2D eigenvalue weighted by molar-refractivity contribution is 7.80. The zero-order valence-corrected chi connectivity index (χ0v) is 16.7. The molecule has 2 aromatic rings. The fourth-order valence-electron chi connectivity index (χ4n) is 2.47. The van der Waals surface area contributed by atoms with E-state index in [0.717, 1.165) is 19.3 Å². The molecule has 0 fully saturated rings. The molecule has 0 saturated carbocycles. The molecule has 0 unspecified atom stereocenters. The summed E-state index contributed by atoms with van der Waals surface area (Å²) in [6, 6.07) is 11.4. The number of nitrogens with one attached hydrogen (secondary N) is 2. The second kappa shape index (κ2) is 10.4. The van der Waals surface area contributed by atoms with E-state index in [4.69, 9.17) is 17.0 Å². The van der Waals surface area contributed by atoms with E-state index in [-0.39, 0.29) is 16.7 Å². The van der Waals surface area contributed by atoms with Crippen molar-refractivity contribution >= 4 is 34.6 Å². The predicted molar refractivity (Wildman–Crippen MR) is 113 cm³/mol. The Morgan fingerprint density at radius 1 is 1.18 bits per heavy atom. The molecular weight excluding hydrogens is 378 g/mol. The number of ether oxygens (including phenoxy) is 1. The van der Waals surface area contributed by atoms with Crippen molar-refractivity contribution in [3.63, 3.8) is 0 Å². The first-order valence-corrected chi connectivity index (χ1v) is 9.41. The lowest BCUT2D eigenvalue weighted by Crippen LogP contribution is -2.34. The maximum atomic E-state index is 12.3. The smallest absolute Gasteiger partial charge is 0.274 e. The van der Waals surface area contributed by atoms with Crippen molar-refractivity contribution in [2.45, 2.75) is 33.1 Å². The summed E-state index contributed by atoms with van der Waals surface area (Å²) in [4.78, 5) is 22.8.